The molecule has 5 nitrogen and oxygen atoms in total. The summed E-state index contributed by atoms with van der Waals surface area (Å²) in [5.41, 5.74) is -1.04. The van der Waals surface area contributed by atoms with Gasteiger partial charge in [0, 0.05) is 17.1 Å². The first-order valence-corrected chi connectivity index (χ1v) is 6.29. The molecule has 1 aliphatic heterocycles. The average molecular weight is 252 g/mol. The normalized spacial score (nSPS) is 24.5. The summed E-state index contributed by atoms with van der Waals surface area (Å²) in [5.74, 6) is 0.374. The zero-order valence-electron chi connectivity index (χ0n) is 10.4. The second-order valence-corrected chi connectivity index (χ2v) is 6.09. The average Bonchev–Trinajstić information content (AvgIpc) is 2.73. The third kappa shape index (κ3) is 2.31. The summed E-state index contributed by atoms with van der Waals surface area (Å²) >= 11 is 1.44. The van der Waals surface area contributed by atoms with Crippen LogP contribution in [0.25, 0.3) is 0 Å². The van der Waals surface area contributed by atoms with Crippen molar-refractivity contribution < 1.29 is 4.79 Å². The van der Waals surface area contributed by atoms with E-state index in [2.05, 4.69) is 20.6 Å². The van der Waals surface area contributed by atoms with Crippen molar-refractivity contribution in [2.24, 2.45) is 4.99 Å². The number of rotatable bonds is 1. The van der Waals surface area contributed by atoms with E-state index in [-0.39, 0.29) is 11.4 Å². The van der Waals surface area contributed by atoms with Gasteiger partial charge in [0.25, 0.3) is 5.91 Å². The van der Waals surface area contributed by atoms with Gasteiger partial charge in [-0.25, -0.2) is 9.98 Å². The third-order valence-electron chi connectivity index (χ3n) is 2.35. The van der Waals surface area contributed by atoms with Crippen molar-refractivity contribution in [1.82, 2.24) is 15.6 Å². The Morgan fingerprint density at radius 3 is 2.71 bits per heavy atom. The molecule has 2 N–H and O–H groups in total. The van der Waals surface area contributed by atoms with Crippen LogP contribution < -0.4 is 10.6 Å². The van der Waals surface area contributed by atoms with Gasteiger partial charge in [0.15, 0.2) is 11.5 Å². The number of carbonyl (C=O) groups excluding carboxylic acids is 1. The molecule has 6 heteroatoms. The molecule has 0 radical (unpaired) electrons. The van der Waals surface area contributed by atoms with Crippen LogP contribution in [0.4, 0.5) is 0 Å². The first-order valence-electron chi connectivity index (χ1n) is 5.41. The number of thiazole rings is 1. The van der Waals surface area contributed by atoms with Gasteiger partial charge in [-0.15, -0.1) is 11.3 Å². The minimum atomic E-state index is -0.901. The summed E-state index contributed by atoms with van der Waals surface area (Å²) in [6, 6.07) is 0. The smallest absolute Gasteiger partial charge is 0.261 e. The molecular formula is C11H16N4OS. The van der Waals surface area contributed by atoms with E-state index in [1.807, 2.05) is 26.2 Å². The Bertz CT molecular complexity index is 460. The van der Waals surface area contributed by atoms with E-state index in [1.165, 1.54) is 11.3 Å². The maximum atomic E-state index is 12.0. The van der Waals surface area contributed by atoms with E-state index >= 15 is 0 Å². The van der Waals surface area contributed by atoms with Gasteiger partial charge in [0.1, 0.15) is 5.01 Å². The lowest BCUT2D eigenvalue weighted by atomic mass is 10.1. The zero-order chi connectivity index (χ0) is 12.7. The summed E-state index contributed by atoms with van der Waals surface area (Å²) in [7, 11) is 0. The van der Waals surface area contributed by atoms with Gasteiger partial charge in [-0.2, -0.15) is 0 Å². The summed E-state index contributed by atoms with van der Waals surface area (Å²) in [6.45, 7) is 7.82. The van der Waals surface area contributed by atoms with Crippen LogP contribution in [0.5, 0.6) is 0 Å². The number of nitrogens with one attached hydrogen (secondary N) is 2. The van der Waals surface area contributed by atoms with Crippen LogP contribution in [0.3, 0.4) is 0 Å². The van der Waals surface area contributed by atoms with Crippen molar-refractivity contribution in [2.75, 3.05) is 0 Å². The largest absolute Gasteiger partial charge is 0.351 e. The molecular weight excluding hydrogens is 236 g/mol. The van der Waals surface area contributed by atoms with Gasteiger partial charge in [-0.3, -0.25) is 10.1 Å². The highest BCUT2D eigenvalue weighted by molar-refractivity contribution is 7.09. The fourth-order valence-corrected chi connectivity index (χ4v) is 2.29. The Kier molecular flexibility index (Phi) is 2.69. The first-order chi connectivity index (χ1) is 7.81. The molecule has 0 aliphatic carbocycles. The zero-order valence-corrected chi connectivity index (χ0v) is 11.2. The van der Waals surface area contributed by atoms with Crippen LogP contribution in [0.1, 0.15) is 32.7 Å². The summed E-state index contributed by atoms with van der Waals surface area (Å²) in [5, 5.41) is 8.47. The van der Waals surface area contributed by atoms with Gasteiger partial charge in [-0.05, 0) is 27.7 Å². The summed E-state index contributed by atoms with van der Waals surface area (Å²) in [6.07, 6.45) is 1.68. The van der Waals surface area contributed by atoms with Crippen LogP contribution in [0.2, 0.25) is 0 Å². The topological polar surface area (TPSA) is 66.4 Å². The number of nitrogens with zero attached hydrogens (tertiary/aromatic N) is 2. The number of guanidine groups is 1. The Morgan fingerprint density at radius 1 is 1.47 bits per heavy atom. The molecule has 0 saturated carbocycles. The monoisotopic (exact) mass is 252 g/mol. The molecule has 1 aliphatic rings. The lowest BCUT2D eigenvalue weighted by Crippen LogP contribution is -2.47. The van der Waals surface area contributed by atoms with E-state index in [0.29, 0.717) is 11.0 Å². The molecule has 17 heavy (non-hydrogen) atoms. The molecule has 0 fully saturated rings. The number of amides is 1. The number of carbonyl (C=O) groups is 1. The molecule has 1 aromatic rings. The van der Waals surface area contributed by atoms with Crippen molar-refractivity contribution in [2.45, 2.75) is 38.8 Å². The van der Waals surface area contributed by atoms with E-state index in [1.54, 1.807) is 13.1 Å². The Hall–Kier alpha value is -1.43. The standard InChI is InChI=1S/C11H16N4OS/c1-10(2,3)14-9-13-7(16)11(4,15-9)8-12-5-6-17-8/h5-6H,1-4H3,(H2,13,14,15,16). The van der Waals surface area contributed by atoms with E-state index in [0.717, 1.165) is 0 Å². The van der Waals surface area contributed by atoms with Crippen LogP contribution in [0, 0.1) is 0 Å². The quantitative estimate of drug-likeness (QED) is 0.790. The molecule has 1 aromatic heterocycles. The highest BCUT2D eigenvalue weighted by Gasteiger charge is 2.43. The number of aromatic nitrogens is 1. The van der Waals surface area contributed by atoms with Gasteiger partial charge < -0.3 is 5.32 Å². The predicted octanol–water partition coefficient (Wildman–Crippen LogP) is 1.23. The SMILES string of the molecule is CC(C)(C)NC1=NC(C)(c2nccs2)C(=O)N1. The van der Waals surface area contributed by atoms with Crippen LogP contribution in [-0.4, -0.2) is 22.4 Å². The molecule has 2 heterocycles. The lowest BCUT2D eigenvalue weighted by molar-refractivity contribution is -0.123. The molecule has 2 rings (SSSR count). The van der Waals surface area contributed by atoms with E-state index in [4.69, 9.17) is 0 Å². The minimum Gasteiger partial charge on any atom is -0.351 e. The molecule has 92 valence electrons. The number of hydrogen-bond acceptors (Lipinski definition) is 5. The molecule has 1 amide bonds. The van der Waals surface area contributed by atoms with Gasteiger partial charge in [0.05, 0.1) is 0 Å². The fraction of sp³-hybridized carbons (Fsp3) is 0.545. The summed E-state index contributed by atoms with van der Waals surface area (Å²) < 4.78 is 0. The van der Waals surface area contributed by atoms with Gasteiger partial charge >= 0.3 is 0 Å². The van der Waals surface area contributed by atoms with Crippen molar-refractivity contribution in [3.8, 4) is 0 Å². The second-order valence-electron chi connectivity index (χ2n) is 5.20. The fourth-order valence-electron chi connectivity index (χ4n) is 1.55. The third-order valence-corrected chi connectivity index (χ3v) is 3.34. The predicted molar refractivity (Wildman–Crippen MR) is 67.9 cm³/mol. The Labute approximate surface area is 104 Å². The Balaban J connectivity index is 2.28. The van der Waals surface area contributed by atoms with E-state index in [9.17, 15) is 4.79 Å². The van der Waals surface area contributed by atoms with Crippen molar-refractivity contribution in [1.29, 1.82) is 0 Å². The highest BCUT2D eigenvalue weighted by atomic mass is 32.1. The number of hydrogen-bond donors (Lipinski definition) is 2. The molecule has 0 aromatic carbocycles. The second kappa shape index (κ2) is 3.80. The van der Waals surface area contributed by atoms with E-state index < -0.39 is 5.54 Å². The van der Waals surface area contributed by atoms with Crippen LogP contribution in [0.15, 0.2) is 16.6 Å². The summed E-state index contributed by atoms with van der Waals surface area (Å²) in [4.78, 5) is 20.6. The van der Waals surface area contributed by atoms with Gasteiger partial charge in [0.2, 0.25) is 0 Å². The highest BCUT2D eigenvalue weighted by Crippen LogP contribution is 2.30. The molecule has 0 spiro atoms. The Morgan fingerprint density at radius 2 is 2.18 bits per heavy atom. The van der Waals surface area contributed by atoms with Crippen molar-refractivity contribution >= 4 is 23.2 Å². The van der Waals surface area contributed by atoms with Gasteiger partial charge in [-0.1, -0.05) is 0 Å². The molecule has 0 bridgehead atoms. The van der Waals surface area contributed by atoms with Crippen LogP contribution >= 0.6 is 11.3 Å². The molecule has 1 unspecified atom stereocenters. The molecule has 1 atom stereocenters. The maximum absolute atomic E-state index is 12.0. The first kappa shape index (κ1) is 12.0. The van der Waals surface area contributed by atoms with Crippen LogP contribution in [-0.2, 0) is 10.3 Å². The minimum absolute atomic E-state index is 0.139. The number of aliphatic imine (C=N–C) groups is 1. The molecule has 0 saturated heterocycles. The maximum Gasteiger partial charge on any atom is 0.261 e. The van der Waals surface area contributed by atoms with Crippen molar-refractivity contribution in [3.05, 3.63) is 16.6 Å². The van der Waals surface area contributed by atoms with Crippen molar-refractivity contribution in [3.63, 3.8) is 0 Å². The lowest BCUT2D eigenvalue weighted by Gasteiger charge is -2.21.